The van der Waals surface area contributed by atoms with E-state index in [2.05, 4.69) is 5.32 Å². The fourth-order valence-corrected chi connectivity index (χ4v) is 2.43. The van der Waals surface area contributed by atoms with Crippen LogP contribution in [0.15, 0.2) is 18.2 Å². The number of carboxylic acids is 1. The van der Waals surface area contributed by atoms with Gasteiger partial charge in [-0.3, -0.25) is 4.79 Å². The Labute approximate surface area is 121 Å². The lowest BCUT2D eigenvalue weighted by Gasteiger charge is -2.23. The van der Waals surface area contributed by atoms with Crippen LogP contribution in [0.1, 0.15) is 28.8 Å². The number of nitrogens with zero attached hydrogens (tertiary/aromatic N) is 1. The highest BCUT2D eigenvalue weighted by atomic mass is 16.4. The second-order valence-electron chi connectivity index (χ2n) is 5.02. The van der Waals surface area contributed by atoms with Crippen LogP contribution in [0.5, 0.6) is 0 Å². The molecular weight excluding hydrogens is 274 g/mol. The lowest BCUT2D eigenvalue weighted by Crippen LogP contribution is -2.45. The van der Waals surface area contributed by atoms with Crippen molar-refractivity contribution in [2.24, 2.45) is 5.73 Å². The second-order valence-corrected chi connectivity index (χ2v) is 5.02. The van der Waals surface area contributed by atoms with E-state index in [1.54, 1.807) is 6.92 Å². The molecular formula is C14H17N3O4. The lowest BCUT2D eigenvalue weighted by molar-refractivity contribution is -0.121. The molecule has 1 aromatic rings. The molecule has 0 saturated carbocycles. The second kappa shape index (κ2) is 5.82. The number of urea groups is 1. The number of nitrogens with two attached hydrogens (primary N) is 1. The molecule has 4 N–H and O–H groups in total. The minimum Gasteiger partial charge on any atom is -0.478 e. The van der Waals surface area contributed by atoms with E-state index in [-0.39, 0.29) is 5.56 Å². The van der Waals surface area contributed by atoms with E-state index >= 15 is 0 Å². The van der Waals surface area contributed by atoms with Crippen LogP contribution in [0.3, 0.4) is 0 Å². The van der Waals surface area contributed by atoms with Gasteiger partial charge in [0.2, 0.25) is 5.91 Å². The van der Waals surface area contributed by atoms with Gasteiger partial charge in [0.15, 0.2) is 0 Å². The number of carbonyl (C=O) groups excluding carboxylic acids is 2. The lowest BCUT2D eigenvalue weighted by atomic mass is 10.1. The van der Waals surface area contributed by atoms with Gasteiger partial charge in [0.25, 0.3) is 0 Å². The van der Waals surface area contributed by atoms with E-state index in [0.717, 1.165) is 6.42 Å². The van der Waals surface area contributed by atoms with Gasteiger partial charge in [-0.25, -0.2) is 9.59 Å². The van der Waals surface area contributed by atoms with Crippen LogP contribution in [0.4, 0.5) is 10.5 Å². The zero-order valence-corrected chi connectivity index (χ0v) is 11.6. The number of aryl methyl sites for hydroxylation is 1. The number of benzene rings is 1. The minimum atomic E-state index is -1.02. The zero-order chi connectivity index (χ0) is 15.6. The molecule has 1 heterocycles. The van der Waals surface area contributed by atoms with E-state index in [0.29, 0.717) is 24.2 Å². The van der Waals surface area contributed by atoms with Gasteiger partial charge >= 0.3 is 12.0 Å². The maximum atomic E-state index is 12.2. The minimum absolute atomic E-state index is 0.154. The monoisotopic (exact) mass is 291 g/mol. The summed E-state index contributed by atoms with van der Waals surface area (Å²) in [7, 11) is 0. The summed E-state index contributed by atoms with van der Waals surface area (Å²) in [6.07, 6.45) is 1.30. The van der Waals surface area contributed by atoms with Crippen LogP contribution in [0, 0.1) is 6.92 Å². The van der Waals surface area contributed by atoms with Crippen molar-refractivity contribution in [2.75, 3.05) is 11.9 Å². The molecule has 0 aromatic heterocycles. The molecule has 1 aliphatic heterocycles. The molecule has 0 spiro atoms. The summed E-state index contributed by atoms with van der Waals surface area (Å²) in [6, 6.07) is 3.45. The zero-order valence-electron chi connectivity index (χ0n) is 11.6. The van der Waals surface area contributed by atoms with Gasteiger partial charge in [0.1, 0.15) is 6.04 Å². The fourth-order valence-electron chi connectivity index (χ4n) is 2.43. The average Bonchev–Trinajstić information content (AvgIpc) is 2.90. The number of carboxylic acid groups (broad SMARTS) is 1. The molecule has 0 radical (unpaired) electrons. The van der Waals surface area contributed by atoms with Crippen LogP contribution in [0.25, 0.3) is 0 Å². The molecule has 7 heteroatoms. The van der Waals surface area contributed by atoms with Crippen LogP contribution in [-0.2, 0) is 4.79 Å². The van der Waals surface area contributed by atoms with Crippen LogP contribution < -0.4 is 11.1 Å². The number of anilines is 1. The van der Waals surface area contributed by atoms with Crippen molar-refractivity contribution in [3.63, 3.8) is 0 Å². The summed E-state index contributed by atoms with van der Waals surface area (Å²) in [5, 5.41) is 11.6. The number of primary amides is 1. The van der Waals surface area contributed by atoms with Crippen LogP contribution >= 0.6 is 0 Å². The van der Waals surface area contributed by atoms with Gasteiger partial charge in [-0.2, -0.15) is 0 Å². The Morgan fingerprint density at radius 1 is 1.38 bits per heavy atom. The number of hydrogen-bond acceptors (Lipinski definition) is 3. The van der Waals surface area contributed by atoms with E-state index in [1.807, 2.05) is 0 Å². The quantitative estimate of drug-likeness (QED) is 0.775. The van der Waals surface area contributed by atoms with E-state index < -0.39 is 23.9 Å². The van der Waals surface area contributed by atoms with Gasteiger partial charge in [0, 0.05) is 12.2 Å². The topological polar surface area (TPSA) is 113 Å². The summed E-state index contributed by atoms with van der Waals surface area (Å²) in [6.45, 7) is 2.18. The normalized spacial score (nSPS) is 17.6. The number of aromatic carboxylic acids is 1. The predicted molar refractivity (Wildman–Crippen MR) is 76.1 cm³/mol. The standard InChI is InChI=1S/C14H17N3O4/c1-8-7-9(13(19)20)4-5-10(8)16-14(21)17-6-2-3-11(17)12(15)18/h4-5,7,11H,2-3,6H2,1H3,(H2,15,18)(H,16,21)(H,19,20). The maximum Gasteiger partial charge on any atom is 0.335 e. The first kappa shape index (κ1) is 14.8. The van der Waals surface area contributed by atoms with Gasteiger partial charge in [-0.15, -0.1) is 0 Å². The highest BCUT2D eigenvalue weighted by molar-refractivity contribution is 5.95. The molecule has 1 fully saturated rings. The fraction of sp³-hybridized carbons (Fsp3) is 0.357. The molecule has 1 saturated heterocycles. The van der Waals surface area contributed by atoms with Crippen molar-refractivity contribution >= 4 is 23.6 Å². The Bertz CT molecular complexity index is 600. The molecule has 1 unspecified atom stereocenters. The van der Waals surface area contributed by atoms with Crippen molar-refractivity contribution in [3.05, 3.63) is 29.3 Å². The Hall–Kier alpha value is -2.57. The van der Waals surface area contributed by atoms with Crippen molar-refractivity contribution in [2.45, 2.75) is 25.8 Å². The molecule has 1 aliphatic rings. The third-order valence-corrected chi connectivity index (χ3v) is 3.56. The average molecular weight is 291 g/mol. The maximum absolute atomic E-state index is 12.2. The number of rotatable bonds is 3. The summed E-state index contributed by atoms with van der Waals surface area (Å²) < 4.78 is 0. The number of hydrogen-bond donors (Lipinski definition) is 3. The largest absolute Gasteiger partial charge is 0.478 e. The summed E-state index contributed by atoms with van der Waals surface area (Å²) in [5.74, 6) is -1.54. The summed E-state index contributed by atoms with van der Waals surface area (Å²) in [4.78, 5) is 35.8. The smallest absolute Gasteiger partial charge is 0.335 e. The third-order valence-electron chi connectivity index (χ3n) is 3.56. The predicted octanol–water partition coefficient (Wildman–Crippen LogP) is 1.17. The highest BCUT2D eigenvalue weighted by Crippen LogP contribution is 2.21. The first-order chi connectivity index (χ1) is 9.90. The molecule has 2 rings (SSSR count). The van der Waals surface area contributed by atoms with Crippen molar-refractivity contribution in [3.8, 4) is 0 Å². The van der Waals surface area contributed by atoms with Crippen molar-refractivity contribution < 1.29 is 19.5 Å². The summed E-state index contributed by atoms with van der Waals surface area (Å²) in [5.41, 5.74) is 6.58. The highest BCUT2D eigenvalue weighted by Gasteiger charge is 2.32. The van der Waals surface area contributed by atoms with E-state index in [9.17, 15) is 14.4 Å². The molecule has 3 amide bonds. The van der Waals surface area contributed by atoms with Crippen molar-refractivity contribution in [1.29, 1.82) is 0 Å². The number of carbonyl (C=O) groups is 3. The van der Waals surface area contributed by atoms with Crippen LogP contribution in [-0.4, -0.2) is 40.5 Å². The molecule has 0 bridgehead atoms. The van der Waals surface area contributed by atoms with Crippen LogP contribution in [0.2, 0.25) is 0 Å². The number of nitrogens with one attached hydrogen (secondary N) is 1. The Morgan fingerprint density at radius 3 is 2.67 bits per heavy atom. The van der Waals surface area contributed by atoms with Gasteiger partial charge < -0.3 is 21.1 Å². The Morgan fingerprint density at radius 2 is 2.10 bits per heavy atom. The van der Waals surface area contributed by atoms with E-state index in [1.165, 1.54) is 23.1 Å². The Balaban J connectivity index is 2.13. The van der Waals surface area contributed by atoms with Crippen molar-refractivity contribution in [1.82, 2.24) is 4.90 Å². The first-order valence-corrected chi connectivity index (χ1v) is 6.61. The van der Waals surface area contributed by atoms with Gasteiger partial charge in [-0.05, 0) is 43.5 Å². The molecule has 1 atom stereocenters. The SMILES string of the molecule is Cc1cc(C(=O)O)ccc1NC(=O)N1CCCC1C(N)=O. The number of likely N-dealkylation sites (tertiary alicyclic amines) is 1. The third kappa shape index (κ3) is 3.13. The molecule has 1 aromatic carbocycles. The molecule has 0 aliphatic carbocycles. The number of amides is 3. The summed E-state index contributed by atoms with van der Waals surface area (Å²) >= 11 is 0. The Kier molecular flexibility index (Phi) is 4.11. The molecule has 21 heavy (non-hydrogen) atoms. The van der Waals surface area contributed by atoms with Gasteiger partial charge in [0.05, 0.1) is 5.56 Å². The van der Waals surface area contributed by atoms with Gasteiger partial charge in [-0.1, -0.05) is 0 Å². The molecule has 112 valence electrons. The van der Waals surface area contributed by atoms with E-state index in [4.69, 9.17) is 10.8 Å². The first-order valence-electron chi connectivity index (χ1n) is 6.61. The molecule has 7 nitrogen and oxygen atoms in total.